The maximum Gasteiger partial charge on any atom is 0.410 e. The number of amides is 1. The Morgan fingerprint density at radius 3 is 2.32 bits per heavy atom. The van der Waals surface area contributed by atoms with Gasteiger partial charge in [-0.15, -0.1) is 0 Å². The van der Waals surface area contributed by atoms with Crippen LogP contribution in [-0.4, -0.2) is 40.8 Å². The highest BCUT2D eigenvalue weighted by molar-refractivity contribution is 5.74. The largest absolute Gasteiger partial charge is 0.481 e. The lowest BCUT2D eigenvalue weighted by molar-refractivity contribution is -0.154. The van der Waals surface area contributed by atoms with Gasteiger partial charge < -0.3 is 14.7 Å². The first-order valence-corrected chi connectivity index (χ1v) is 6.94. The van der Waals surface area contributed by atoms with E-state index in [1.807, 2.05) is 20.8 Å². The Balaban J connectivity index is 2.03. The summed E-state index contributed by atoms with van der Waals surface area (Å²) in [7, 11) is 0. The van der Waals surface area contributed by atoms with Gasteiger partial charge in [0.05, 0.1) is 5.92 Å². The number of hydrogen-bond acceptors (Lipinski definition) is 3. The summed E-state index contributed by atoms with van der Waals surface area (Å²) in [6, 6.07) is 0. The Labute approximate surface area is 113 Å². The highest BCUT2D eigenvalue weighted by Crippen LogP contribution is 2.52. The predicted molar refractivity (Wildman–Crippen MR) is 69.8 cm³/mol. The van der Waals surface area contributed by atoms with Crippen molar-refractivity contribution in [2.45, 2.75) is 52.1 Å². The van der Waals surface area contributed by atoms with Gasteiger partial charge in [-0.05, 0) is 45.4 Å². The van der Waals surface area contributed by atoms with Gasteiger partial charge in [0.15, 0.2) is 0 Å². The van der Waals surface area contributed by atoms with Gasteiger partial charge in [-0.3, -0.25) is 4.79 Å². The van der Waals surface area contributed by atoms with Crippen LogP contribution in [0.3, 0.4) is 0 Å². The molecule has 1 amide bonds. The Morgan fingerprint density at radius 2 is 1.89 bits per heavy atom. The Bertz CT molecular complexity index is 381. The first-order valence-electron chi connectivity index (χ1n) is 6.94. The number of piperidine rings is 1. The second-order valence-electron chi connectivity index (χ2n) is 6.78. The number of carbonyl (C=O) groups excluding carboxylic acids is 1. The fraction of sp³-hybridized carbons (Fsp3) is 0.857. The number of carbonyl (C=O) groups is 2. The smallest absolute Gasteiger partial charge is 0.410 e. The Morgan fingerprint density at radius 1 is 1.26 bits per heavy atom. The molecule has 1 N–H and O–H groups in total. The molecule has 5 nitrogen and oxygen atoms in total. The second kappa shape index (κ2) is 4.69. The Kier molecular flexibility index (Phi) is 3.49. The molecule has 5 heteroatoms. The van der Waals surface area contributed by atoms with Gasteiger partial charge >= 0.3 is 12.1 Å². The van der Waals surface area contributed by atoms with Gasteiger partial charge in [-0.25, -0.2) is 4.79 Å². The summed E-state index contributed by atoms with van der Waals surface area (Å²) in [4.78, 5) is 25.0. The minimum Gasteiger partial charge on any atom is -0.481 e. The van der Waals surface area contributed by atoms with Gasteiger partial charge in [0, 0.05) is 13.1 Å². The van der Waals surface area contributed by atoms with Crippen LogP contribution in [0.2, 0.25) is 0 Å². The van der Waals surface area contributed by atoms with Crippen LogP contribution >= 0.6 is 0 Å². The van der Waals surface area contributed by atoms with E-state index >= 15 is 0 Å². The number of likely N-dealkylation sites (tertiary alicyclic amines) is 1. The van der Waals surface area contributed by atoms with E-state index < -0.39 is 23.6 Å². The van der Waals surface area contributed by atoms with Crippen LogP contribution in [0.4, 0.5) is 4.79 Å². The fourth-order valence-electron chi connectivity index (χ4n) is 3.10. The molecule has 0 aromatic carbocycles. The van der Waals surface area contributed by atoms with E-state index in [0.29, 0.717) is 6.54 Å². The van der Waals surface area contributed by atoms with Crippen molar-refractivity contribution in [1.82, 2.24) is 4.90 Å². The van der Waals surface area contributed by atoms with Crippen LogP contribution in [0.25, 0.3) is 0 Å². The van der Waals surface area contributed by atoms with Crippen LogP contribution in [0, 0.1) is 11.3 Å². The molecule has 0 bridgehead atoms. The quantitative estimate of drug-likeness (QED) is 0.794. The molecule has 0 aromatic rings. The summed E-state index contributed by atoms with van der Waals surface area (Å²) in [6.07, 6.45) is 3.45. The lowest BCUT2D eigenvalue weighted by Gasteiger charge is -2.51. The normalized spacial score (nSPS) is 25.8. The topological polar surface area (TPSA) is 66.8 Å². The minimum absolute atomic E-state index is 0.0651. The summed E-state index contributed by atoms with van der Waals surface area (Å²) in [6.45, 7) is 6.34. The first-order chi connectivity index (χ1) is 8.73. The van der Waals surface area contributed by atoms with E-state index in [2.05, 4.69) is 0 Å². The molecule has 2 rings (SSSR count). The van der Waals surface area contributed by atoms with Crippen molar-refractivity contribution in [3.63, 3.8) is 0 Å². The van der Waals surface area contributed by atoms with Crippen molar-refractivity contribution in [2.24, 2.45) is 11.3 Å². The molecule has 2 fully saturated rings. The summed E-state index contributed by atoms with van der Waals surface area (Å²) in [5.41, 5.74) is -0.605. The number of carboxylic acid groups (broad SMARTS) is 1. The SMILES string of the molecule is CC(C)(C)OC(=O)N1CCC2(CCC2)[C@@H](C(=O)O)C1. The molecule has 1 saturated heterocycles. The third kappa shape index (κ3) is 2.85. The zero-order valence-electron chi connectivity index (χ0n) is 11.9. The molecule has 1 aliphatic heterocycles. The molecule has 1 saturated carbocycles. The van der Waals surface area contributed by atoms with Gasteiger partial charge in [0.1, 0.15) is 5.60 Å². The number of rotatable bonds is 1. The van der Waals surface area contributed by atoms with Gasteiger partial charge in [0.2, 0.25) is 0 Å². The number of hydrogen-bond donors (Lipinski definition) is 1. The summed E-state index contributed by atoms with van der Waals surface area (Å²) >= 11 is 0. The molecular weight excluding hydrogens is 246 g/mol. The number of aliphatic carboxylic acids is 1. The Hall–Kier alpha value is -1.26. The minimum atomic E-state index is -0.784. The molecule has 1 heterocycles. The molecule has 108 valence electrons. The maximum absolute atomic E-state index is 12.0. The molecule has 2 aliphatic rings. The molecule has 19 heavy (non-hydrogen) atoms. The fourth-order valence-corrected chi connectivity index (χ4v) is 3.10. The lowest BCUT2D eigenvalue weighted by atomic mass is 9.57. The molecule has 1 spiro atoms. The van der Waals surface area contributed by atoms with Crippen LogP contribution in [0.1, 0.15) is 46.5 Å². The molecule has 1 atom stereocenters. The van der Waals surface area contributed by atoms with Gasteiger partial charge in [-0.2, -0.15) is 0 Å². The average Bonchev–Trinajstić information content (AvgIpc) is 2.23. The van der Waals surface area contributed by atoms with Crippen LogP contribution in [0.15, 0.2) is 0 Å². The van der Waals surface area contributed by atoms with Crippen molar-refractivity contribution in [1.29, 1.82) is 0 Å². The second-order valence-corrected chi connectivity index (χ2v) is 6.78. The third-order valence-corrected chi connectivity index (χ3v) is 4.32. The van der Waals surface area contributed by atoms with E-state index in [9.17, 15) is 14.7 Å². The summed E-state index contributed by atoms with van der Waals surface area (Å²) in [5, 5.41) is 9.39. The van der Waals surface area contributed by atoms with E-state index in [0.717, 1.165) is 25.7 Å². The molecular formula is C14H23NO4. The average molecular weight is 269 g/mol. The van der Waals surface area contributed by atoms with Gasteiger partial charge in [0.25, 0.3) is 0 Å². The number of nitrogens with zero attached hydrogens (tertiary/aromatic N) is 1. The van der Waals surface area contributed by atoms with Crippen molar-refractivity contribution in [3.8, 4) is 0 Å². The van der Waals surface area contributed by atoms with Gasteiger partial charge in [-0.1, -0.05) is 6.42 Å². The predicted octanol–water partition coefficient (Wildman–Crippen LogP) is 2.50. The van der Waals surface area contributed by atoms with E-state index in [1.165, 1.54) is 0 Å². The van der Waals surface area contributed by atoms with Crippen LogP contribution in [-0.2, 0) is 9.53 Å². The molecule has 1 aliphatic carbocycles. The standard InChI is InChI=1S/C14H23NO4/c1-13(2,3)19-12(18)15-8-7-14(5-4-6-14)10(9-15)11(16)17/h10H,4-9H2,1-3H3,(H,16,17)/t10-/m1/s1. The molecule has 0 aromatic heterocycles. The van der Waals surface area contributed by atoms with Crippen molar-refractivity contribution in [3.05, 3.63) is 0 Å². The highest BCUT2D eigenvalue weighted by atomic mass is 16.6. The molecule has 0 radical (unpaired) electrons. The summed E-state index contributed by atoms with van der Waals surface area (Å²) in [5.74, 6) is -1.23. The zero-order valence-corrected chi connectivity index (χ0v) is 11.9. The van der Waals surface area contributed by atoms with Crippen molar-refractivity contribution < 1.29 is 19.4 Å². The van der Waals surface area contributed by atoms with Crippen molar-refractivity contribution >= 4 is 12.1 Å². The lowest BCUT2D eigenvalue weighted by Crippen LogP contribution is -2.55. The van der Waals surface area contributed by atoms with Crippen molar-refractivity contribution in [2.75, 3.05) is 13.1 Å². The first kappa shape index (κ1) is 14.2. The highest BCUT2D eigenvalue weighted by Gasteiger charge is 2.51. The van der Waals surface area contributed by atoms with Crippen LogP contribution in [0.5, 0.6) is 0 Å². The molecule has 0 unspecified atom stereocenters. The zero-order chi connectivity index (χ0) is 14.3. The summed E-state index contributed by atoms with van der Waals surface area (Å²) < 4.78 is 5.32. The monoisotopic (exact) mass is 269 g/mol. The number of carboxylic acids is 1. The van der Waals surface area contributed by atoms with E-state index in [1.54, 1.807) is 4.90 Å². The van der Waals surface area contributed by atoms with E-state index in [4.69, 9.17) is 4.74 Å². The van der Waals surface area contributed by atoms with Crippen LogP contribution < -0.4 is 0 Å². The maximum atomic E-state index is 12.0. The third-order valence-electron chi connectivity index (χ3n) is 4.32. The van der Waals surface area contributed by atoms with E-state index in [-0.39, 0.29) is 12.0 Å². The number of ether oxygens (including phenoxy) is 1.